The Morgan fingerprint density at radius 2 is 1.62 bits per heavy atom. The smallest absolute Gasteiger partial charge is 0.386 e. The largest absolute Gasteiger partial charge is 0.416 e. The Kier molecular flexibility index (Phi) is 6.02. The first kappa shape index (κ1) is 20.5. The minimum atomic E-state index is -4.49. The lowest BCUT2D eigenvalue weighted by Crippen LogP contribution is -2.66. The maximum atomic E-state index is 13.7. The lowest BCUT2D eigenvalue weighted by Gasteiger charge is -2.45. The third-order valence-corrected chi connectivity index (χ3v) is 5.52. The zero-order valence-corrected chi connectivity index (χ0v) is 16.1. The van der Waals surface area contributed by atoms with Crippen molar-refractivity contribution in [2.24, 2.45) is 5.73 Å². The molecule has 2 saturated heterocycles. The lowest BCUT2D eigenvalue weighted by molar-refractivity contribution is -0.0894. The summed E-state index contributed by atoms with van der Waals surface area (Å²) in [4.78, 5) is 4.34. The summed E-state index contributed by atoms with van der Waals surface area (Å²) in [5.74, 6) is 0.0186. The first-order valence-electron chi connectivity index (χ1n) is 9.81. The van der Waals surface area contributed by atoms with Crippen LogP contribution in [0.15, 0.2) is 34.8 Å². The van der Waals surface area contributed by atoms with E-state index in [9.17, 15) is 13.2 Å². The SMILES string of the molecule is NC1=CC(C(F)(F)F)=C(C2=CC(N3CCOCC3)NC(N3CCOCC3)N2)CN1. The Balaban J connectivity index is 1.67. The molecule has 29 heavy (non-hydrogen) atoms. The predicted octanol–water partition coefficient (Wildman–Crippen LogP) is -0.401. The van der Waals surface area contributed by atoms with Crippen molar-refractivity contribution < 1.29 is 22.6 Å². The summed E-state index contributed by atoms with van der Waals surface area (Å²) in [6.45, 7) is 5.25. The van der Waals surface area contributed by atoms with Crippen LogP contribution in [-0.2, 0) is 9.47 Å². The van der Waals surface area contributed by atoms with Gasteiger partial charge in [-0.2, -0.15) is 13.2 Å². The summed E-state index contributed by atoms with van der Waals surface area (Å²) in [5.41, 5.74) is 5.55. The number of morpholine rings is 2. The number of halogens is 3. The molecule has 11 heteroatoms. The van der Waals surface area contributed by atoms with Gasteiger partial charge in [0.05, 0.1) is 44.0 Å². The minimum Gasteiger partial charge on any atom is -0.386 e. The number of nitrogens with zero attached hydrogens (tertiary/aromatic N) is 2. The Morgan fingerprint density at radius 1 is 1.00 bits per heavy atom. The van der Waals surface area contributed by atoms with Crippen LogP contribution in [0.3, 0.4) is 0 Å². The van der Waals surface area contributed by atoms with E-state index in [1.807, 2.05) is 6.08 Å². The van der Waals surface area contributed by atoms with Crippen LogP contribution < -0.4 is 21.7 Å². The molecule has 0 radical (unpaired) electrons. The Morgan fingerprint density at radius 3 is 2.24 bits per heavy atom. The van der Waals surface area contributed by atoms with Gasteiger partial charge in [0.2, 0.25) is 0 Å². The van der Waals surface area contributed by atoms with Crippen molar-refractivity contribution in [2.45, 2.75) is 18.6 Å². The number of hydrogen-bond donors (Lipinski definition) is 4. The van der Waals surface area contributed by atoms with Gasteiger partial charge in [-0.05, 0) is 12.2 Å². The van der Waals surface area contributed by atoms with Crippen molar-refractivity contribution in [1.29, 1.82) is 0 Å². The Bertz CT molecular complexity index is 696. The second-order valence-corrected chi connectivity index (χ2v) is 7.38. The highest BCUT2D eigenvalue weighted by Crippen LogP contribution is 2.34. The molecule has 0 aliphatic carbocycles. The first-order valence-corrected chi connectivity index (χ1v) is 9.81. The molecule has 4 heterocycles. The zero-order chi connectivity index (χ0) is 20.4. The van der Waals surface area contributed by atoms with Gasteiger partial charge in [-0.25, -0.2) is 0 Å². The maximum absolute atomic E-state index is 13.7. The van der Waals surface area contributed by atoms with Crippen molar-refractivity contribution in [3.8, 4) is 0 Å². The molecule has 0 saturated carbocycles. The van der Waals surface area contributed by atoms with Crippen molar-refractivity contribution >= 4 is 0 Å². The molecule has 2 unspecified atom stereocenters. The third kappa shape index (κ3) is 4.69. The van der Waals surface area contributed by atoms with Gasteiger partial charge in [0.25, 0.3) is 0 Å². The predicted molar refractivity (Wildman–Crippen MR) is 100 cm³/mol. The van der Waals surface area contributed by atoms with E-state index >= 15 is 0 Å². The van der Waals surface area contributed by atoms with Crippen LogP contribution in [0, 0.1) is 0 Å². The van der Waals surface area contributed by atoms with Gasteiger partial charge in [-0.15, -0.1) is 0 Å². The number of hydrogen-bond acceptors (Lipinski definition) is 8. The van der Waals surface area contributed by atoms with Crippen molar-refractivity contribution in [3.63, 3.8) is 0 Å². The Labute approximate surface area is 167 Å². The third-order valence-electron chi connectivity index (χ3n) is 5.52. The van der Waals surface area contributed by atoms with Crippen LogP contribution in [0.4, 0.5) is 13.2 Å². The summed E-state index contributed by atoms with van der Waals surface area (Å²) in [6, 6.07) is 0. The van der Waals surface area contributed by atoms with Gasteiger partial charge < -0.3 is 25.8 Å². The van der Waals surface area contributed by atoms with Gasteiger partial charge in [0.1, 0.15) is 6.29 Å². The molecule has 0 bridgehead atoms. The number of nitrogens with two attached hydrogens (primary N) is 1. The number of allylic oxidation sites excluding steroid dienone is 2. The minimum absolute atomic E-state index is 0.0155. The van der Waals surface area contributed by atoms with E-state index in [0.717, 1.165) is 6.08 Å². The molecule has 4 aliphatic rings. The fraction of sp³-hybridized carbons (Fsp3) is 0.667. The van der Waals surface area contributed by atoms with Crippen LogP contribution in [0.5, 0.6) is 0 Å². The summed E-state index contributed by atoms with van der Waals surface area (Å²) < 4.78 is 52.0. The molecular weight excluding hydrogens is 389 g/mol. The molecule has 162 valence electrons. The second kappa shape index (κ2) is 8.52. The Hall–Kier alpha value is -1.79. The zero-order valence-electron chi connectivity index (χ0n) is 16.1. The number of ether oxygens (including phenoxy) is 2. The highest BCUT2D eigenvalue weighted by Gasteiger charge is 2.39. The summed E-state index contributed by atoms with van der Waals surface area (Å²) in [5, 5.41) is 9.62. The molecule has 5 N–H and O–H groups in total. The maximum Gasteiger partial charge on any atom is 0.416 e. The van der Waals surface area contributed by atoms with Crippen molar-refractivity contribution in [1.82, 2.24) is 25.8 Å². The van der Waals surface area contributed by atoms with Gasteiger partial charge in [-0.1, -0.05) is 0 Å². The van der Waals surface area contributed by atoms with Crippen molar-refractivity contribution in [2.75, 3.05) is 59.2 Å². The summed E-state index contributed by atoms with van der Waals surface area (Å²) in [6.07, 6.45) is -2.18. The van der Waals surface area contributed by atoms with Crippen molar-refractivity contribution in [3.05, 3.63) is 34.8 Å². The number of nitrogens with one attached hydrogen (secondary N) is 3. The normalized spacial score (nSPS) is 30.3. The van der Waals surface area contributed by atoms with Crippen LogP contribution in [0.1, 0.15) is 0 Å². The van der Waals surface area contributed by atoms with Crippen LogP contribution in [0.2, 0.25) is 0 Å². The molecule has 0 aromatic carbocycles. The highest BCUT2D eigenvalue weighted by molar-refractivity contribution is 5.47. The van der Waals surface area contributed by atoms with E-state index in [2.05, 4.69) is 25.8 Å². The molecule has 0 aromatic heterocycles. The second-order valence-electron chi connectivity index (χ2n) is 7.38. The molecule has 0 spiro atoms. The molecule has 0 aromatic rings. The molecule has 4 rings (SSSR count). The summed E-state index contributed by atoms with van der Waals surface area (Å²) >= 11 is 0. The monoisotopic (exact) mass is 416 g/mol. The van der Waals surface area contributed by atoms with Gasteiger partial charge in [-0.3, -0.25) is 15.1 Å². The van der Waals surface area contributed by atoms with Crippen LogP contribution >= 0.6 is 0 Å². The summed E-state index contributed by atoms with van der Waals surface area (Å²) in [7, 11) is 0. The molecule has 8 nitrogen and oxygen atoms in total. The topological polar surface area (TPSA) is 87.0 Å². The van der Waals surface area contributed by atoms with Gasteiger partial charge in [0, 0.05) is 44.0 Å². The fourth-order valence-corrected chi connectivity index (χ4v) is 3.96. The molecule has 0 amide bonds. The van der Waals surface area contributed by atoms with E-state index in [-0.39, 0.29) is 30.4 Å². The first-order chi connectivity index (χ1) is 13.9. The van der Waals surface area contributed by atoms with E-state index in [4.69, 9.17) is 15.2 Å². The van der Waals surface area contributed by atoms with Gasteiger partial charge >= 0.3 is 6.18 Å². The number of dihydropyridines is 1. The molecular formula is C18H27F3N6O2. The van der Waals surface area contributed by atoms with Crippen LogP contribution in [-0.4, -0.2) is 87.6 Å². The van der Waals surface area contributed by atoms with Gasteiger partial charge in [0.15, 0.2) is 0 Å². The van der Waals surface area contributed by atoms with E-state index in [1.165, 1.54) is 0 Å². The molecule has 2 atom stereocenters. The van der Waals surface area contributed by atoms with Crippen LogP contribution in [0.25, 0.3) is 0 Å². The average molecular weight is 416 g/mol. The fourth-order valence-electron chi connectivity index (χ4n) is 3.96. The molecule has 4 aliphatic heterocycles. The number of alkyl halides is 3. The van der Waals surface area contributed by atoms with E-state index < -0.39 is 11.7 Å². The lowest BCUT2D eigenvalue weighted by atomic mass is 9.99. The van der Waals surface area contributed by atoms with E-state index in [0.29, 0.717) is 58.3 Å². The highest BCUT2D eigenvalue weighted by atomic mass is 19.4. The van der Waals surface area contributed by atoms with E-state index in [1.54, 1.807) is 0 Å². The average Bonchev–Trinajstić information content (AvgIpc) is 2.74. The standard InChI is InChI=1S/C18H27F3N6O2/c19-18(20,21)13-9-15(22)23-11-12(13)14-10-16(26-1-5-28-6-2-26)25-17(24-14)27-3-7-29-8-4-27/h9-10,16-17,23-25H,1-8,11,22H2. The number of rotatable bonds is 3. The quantitative estimate of drug-likeness (QED) is 0.495. The molecule has 2 fully saturated rings.